The van der Waals surface area contributed by atoms with Gasteiger partial charge in [-0.25, -0.2) is 13.2 Å². The zero-order chi connectivity index (χ0) is 18.0. The van der Waals surface area contributed by atoms with Crippen LogP contribution in [-0.4, -0.2) is 11.9 Å². The van der Waals surface area contributed by atoms with Crippen molar-refractivity contribution in [3.63, 3.8) is 0 Å². The average Bonchev–Trinajstić information content (AvgIpc) is 3.39. The summed E-state index contributed by atoms with van der Waals surface area (Å²) < 4.78 is 39.8. The molecule has 0 aromatic heterocycles. The first kappa shape index (κ1) is 17.5. The third-order valence-corrected chi connectivity index (χ3v) is 4.25. The third-order valence-electron chi connectivity index (χ3n) is 4.25. The van der Waals surface area contributed by atoms with Crippen LogP contribution in [0.25, 0.3) is 0 Å². The van der Waals surface area contributed by atoms with Gasteiger partial charge in [0.2, 0.25) is 5.91 Å². The van der Waals surface area contributed by atoms with Crippen molar-refractivity contribution in [2.75, 3.05) is 0 Å². The quantitative estimate of drug-likeness (QED) is 0.834. The molecule has 6 heteroatoms. The van der Waals surface area contributed by atoms with Gasteiger partial charge in [0.05, 0.1) is 0 Å². The highest BCUT2D eigenvalue weighted by atomic mass is 19.2. The van der Waals surface area contributed by atoms with Crippen molar-refractivity contribution in [1.82, 2.24) is 10.6 Å². The van der Waals surface area contributed by atoms with E-state index in [1.165, 1.54) is 30.3 Å². The maximum absolute atomic E-state index is 13.5. The van der Waals surface area contributed by atoms with E-state index in [1.807, 2.05) is 0 Å². The lowest BCUT2D eigenvalue weighted by Gasteiger charge is -2.23. The molecular weight excluding hydrogens is 329 g/mol. The van der Waals surface area contributed by atoms with Crippen molar-refractivity contribution in [2.24, 2.45) is 0 Å². The van der Waals surface area contributed by atoms with Gasteiger partial charge in [-0.15, -0.1) is 0 Å². The monoisotopic (exact) mass is 348 g/mol. The van der Waals surface area contributed by atoms with Gasteiger partial charge in [0.15, 0.2) is 11.6 Å². The summed E-state index contributed by atoms with van der Waals surface area (Å²) in [6.07, 6.45) is 1.89. The van der Waals surface area contributed by atoms with Crippen molar-refractivity contribution >= 4 is 5.91 Å². The van der Waals surface area contributed by atoms with E-state index in [4.69, 9.17) is 0 Å². The number of benzene rings is 2. The Labute approximate surface area is 144 Å². The van der Waals surface area contributed by atoms with Crippen molar-refractivity contribution in [3.05, 3.63) is 71.0 Å². The first-order valence-corrected chi connectivity index (χ1v) is 8.21. The van der Waals surface area contributed by atoms with Crippen LogP contribution in [0.3, 0.4) is 0 Å². The Morgan fingerprint density at radius 2 is 1.64 bits per heavy atom. The van der Waals surface area contributed by atoms with E-state index in [0.717, 1.165) is 25.0 Å². The Kier molecular flexibility index (Phi) is 5.08. The Hall–Kier alpha value is -2.34. The molecule has 0 radical (unpaired) electrons. The SMILES string of the molecule is C[C@@H](N[C@H](C(=O)NC1CC1)c1ccc(F)cc1)c1ccc(F)c(F)c1. The molecule has 0 heterocycles. The molecule has 3 rings (SSSR count). The van der Waals surface area contributed by atoms with Crippen LogP contribution in [0, 0.1) is 17.5 Å². The molecule has 1 saturated carbocycles. The minimum absolute atomic E-state index is 0.177. The Bertz CT molecular complexity index is 760. The van der Waals surface area contributed by atoms with E-state index >= 15 is 0 Å². The summed E-state index contributed by atoms with van der Waals surface area (Å²) in [6, 6.07) is 8.34. The van der Waals surface area contributed by atoms with Gasteiger partial charge in [-0.05, 0) is 55.2 Å². The van der Waals surface area contributed by atoms with Crippen LogP contribution in [0.1, 0.15) is 43.0 Å². The molecule has 2 aromatic carbocycles. The molecule has 0 unspecified atom stereocenters. The van der Waals surface area contributed by atoms with E-state index in [1.54, 1.807) is 6.92 Å². The number of hydrogen-bond acceptors (Lipinski definition) is 2. The second-order valence-corrected chi connectivity index (χ2v) is 6.33. The average molecular weight is 348 g/mol. The maximum Gasteiger partial charge on any atom is 0.241 e. The number of carbonyl (C=O) groups excluding carboxylic acids is 1. The molecule has 1 fully saturated rings. The van der Waals surface area contributed by atoms with Crippen molar-refractivity contribution in [1.29, 1.82) is 0 Å². The fourth-order valence-electron chi connectivity index (χ4n) is 2.62. The smallest absolute Gasteiger partial charge is 0.241 e. The Morgan fingerprint density at radius 1 is 1.00 bits per heavy atom. The molecule has 0 spiro atoms. The van der Waals surface area contributed by atoms with Gasteiger partial charge < -0.3 is 5.32 Å². The van der Waals surface area contributed by atoms with Gasteiger partial charge in [0.25, 0.3) is 0 Å². The van der Waals surface area contributed by atoms with E-state index in [9.17, 15) is 18.0 Å². The highest BCUT2D eigenvalue weighted by Gasteiger charge is 2.29. The molecule has 3 nitrogen and oxygen atoms in total. The molecule has 0 bridgehead atoms. The van der Waals surface area contributed by atoms with E-state index < -0.39 is 29.5 Å². The second kappa shape index (κ2) is 7.27. The zero-order valence-electron chi connectivity index (χ0n) is 13.7. The lowest BCUT2D eigenvalue weighted by molar-refractivity contribution is -0.123. The molecule has 0 saturated heterocycles. The highest BCUT2D eigenvalue weighted by Crippen LogP contribution is 2.24. The van der Waals surface area contributed by atoms with Crippen molar-refractivity contribution in [3.8, 4) is 0 Å². The van der Waals surface area contributed by atoms with Crippen LogP contribution in [0.15, 0.2) is 42.5 Å². The van der Waals surface area contributed by atoms with Crippen LogP contribution in [0.2, 0.25) is 0 Å². The fraction of sp³-hybridized carbons (Fsp3) is 0.316. The summed E-state index contributed by atoms with van der Waals surface area (Å²) in [5.41, 5.74) is 1.12. The topological polar surface area (TPSA) is 41.1 Å². The summed E-state index contributed by atoms with van der Waals surface area (Å²) in [5, 5.41) is 6.04. The highest BCUT2D eigenvalue weighted by molar-refractivity contribution is 5.83. The first-order chi connectivity index (χ1) is 11.9. The third kappa shape index (κ3) is 4.39. The van der Waals surface area contributed by atoms with Crippen LogP contribution in [0.4, 0.5) is 13.2 Å². The van der Waals surface area contributed by atoms with Crippen LogP contribution >= 0.6 is 0 Å². The van der Waals surface area contributed by atoms with Gasteiger partial charge in [-0.3, -0.25) is 10.1 Å². The van der Waals surface area contributed by atoms with E-state index in [-0.39, 0.29) is 11.9 Å². The van der Waals surface area contributed by atoms with Gasteiger partial charge in [0, 0.05) is 12.1 Å². The molecule has 2 aromatic rings. The minimum Gasteiger partial charge on any atom is -0.352 e. The molecule has 132 valence electrons. The number of amides is 1. The molecule has 0 aliphatic heterocycles. The Morgan fingerprint density at radius 3 is 2.24 bits per heavy atom. The predicted octanol–water partition coefficient (Wildman–Crippen LogP) is 3.77. The predicted molar refractivity (Wildman–Crippen MR) is 88.2 cm³/mol. The summed E-state index contributed by atoms with van der Waals surface area (Å²) >= 11 is 0. The molecule has 2 N–H and O–H groups in total. The summed E-state index contributed by atoms with van der Waals surface area (Å²) in [5.74, 6) is -2.47. The molecule has 2 atom stereocenters. The lowest BCUT2D eigenvalue weighted by atomic mass is 10.0. The molecule has 1 aliphatic carbocycles. The van der Waals surface area contributed by atoms with E-state index in [2.05, 4.69) is 10.6 Å². The van der Waals surface area contributed by atoms with Crippen LogP contribution in [0.5, 0.6) is 0 Å². The molecular formula is C19H19F3N2O. The molecule has 25 heavy (non-hydrogen) atoms. The summed E-state index contributed by atoms with van der Waals surface area (Å²) in [6.45, 7) is 1.76. The van der Waals surface area contributed by atoms with E-state index in [0.29, 0.717) is 11.1 Å². The van der Waals surface area contributed by atoms with Crippen LogP contribution < -0.4 is 10.6 Å². The summed E-state index contributed by atoms with van der Waals surface area (Å²) in [4.78, 5) is 12.6. The summed E-state index contributed by atoms with van der Waals surface area (Å²) in [7, 11) is 0. The number of carbonyl (C=O) groups is 1. The molecule has 1 aliphatic rings. The normalized spacial score (nSPS) is 16.3. The van der Waals surface area contributed by atoms with Crippen molar-refractivity contribution in [2.45, 2.75) is 37.9 Å². The number of hydrogen-bond donors (Lipinski definition) is 2. The zero-order valence-corrected chi connectivity index (χ0v) is 13.7. The number of halogens is 3. The first-order valence-electron chi connectivity index (χ1n) is 8.21. The minimum atomic E-state index is -0.938. The number of nitrogens with one attached hydrogen (secondary N) is 2. The van der Waals surface area contributed by atoms with Gasteiger partial charge in [-0.2, -0.15) is 0 Å². The Balaban J connectivity index is 1.81. The van der Waals surface area contributed by atoms with Crippen molar-refractivity contribution < 1.29 is 18.0 Å². The second-order valence-electron chi connectivity index (χ2n) is 6.33. The maximum atomic E-state index is 13.5. The van der Waals surface area contributed by atoms with Gasteiger partial charge >= 0.3 is 0 Å². The fourth-order valence-corrected chi connectivity index (χ4v) is 2.62. The van der Waals surface area contributed by atoms with Gasteiger partial charge in [0.1, 0.15) is 11.9 Å². The lowest BCUT2D eigenvalue weighted by Crippen LogP contribution is -2.39. The largest absolute Gasteiger partial charge is 0.352 e. The standard InChI is InChI=1S/C19H19F3N2O/c1-11(13-4-9-16(21)17(22)10-13)23-18(19(25)24-15-7-8-15)12-2-5-14(20)6-3-12/h2-6,9-11,15,18,23H,7-8H2,1H3,(H,24,25)/t11-,18+/m1/s1. The van der Waals surface area contributed by atoms with Crippen LogP contribution in [-0.2, 0) is 4.79 Å². The number of rotatable bonds is 6. The molecule has 1 amide bonds. The van der Waals surface area contributed by atoms with Gasteiger partial charge in [-0.1, -0.05) is 18.2 Å².